The first-order valence-electron chi connectivity index (χ1n) is 10.4. The number of aromatic nitrogens is 4. The lowest BCUT2D eigenvalue weighted by Gasteiger charge is -2.09. The number of aryl methyl sites for hydroxylation is 1. The molecule has 1 amide bonds. The molecule has 0 saturated carbocycles. The summed E-state index contributed by atoms with van der Waals surface area (Å²) in [7, 11) is 0. The molecule has 0 aliphatic heterocycles. The fraction of sp³-hybridized carbons (Fsp3) is 0.120. The SMILES string of the molecule is CCc1nn2c(ncc3c(=O)n(-c4ccc(NC(C)=O)cc4)ccc32)c1-c1ccccc1. The van der Waals surface area contributed by atoms with Gasteiger partial charge in [0.15, 0.2) is 5.65 Å². The molecule has 0 bridgehead atoms. The molecule has 0 saturated heterocycles. The predicted molar refractivity (Wildman–Crippen MR) is 125 cm³/mol. The number of hydrogen-bond donors (Lipinski definition) is 1. The lowest BCUT2D eigenvalue weighted by Crippen LogP contribution is -2.19. The summed E-state index contributed by atoms with van der Waals surface area (Å²) in [5, 5.41) is 7.99. The van der Waals surface area contributed by atoms with Gasteiger partial charge < -0.3 is 5.32 Å². The number of fused-ring (bicyclic) bond motifs is 3. The molecule has 32 heavy (non-hydrogen) atoms. The van der Waals surface area contributed by atoms with Gasteiger partial charge in [-0.25, -0.2) is 9.50 Å². The molecule has 0 spiro atoms. The van der Waals surface area contributed by atoms with Crippen LogP contribution in [-0.4, -0.2) is 25.1 Å². The summed E-state index contributed by atoms with van der Waals surface area (Å²) in [6.45, 7) is 3.52. The molecule has 1 N–H and O–H groups in total. The number of carbonyl (C=O) groups is 1. The largest absolute Gasteiger partial charge is 0.326 e. The number of hydrogen-bond acceptors (Lipinski definition) is 4. The van der Waals surface area contributed by atoms with Gasteiger partial charge in [0.05, 0.1) is 16.6 Å². The molecular weight excluding hydrogens is 402 g/mol. The van der Waals surface area contributed by atoms with Crippen molar-refractivity contribution in [1.82, 2.24) is 19.2 Å². The van der Waals surface area contributed by atoms with Crippen LogP contribution in [0.2, 0.25) is 0 Å². The molecule has 5 rings (SSSR count). The van der Waals surface area contributed by atoms with Crippen molar-refractivity contribution in [3.05, 3.63) is 89.1 Å². The minimum Gasteiger partial charge on any atom is -0.326 e. The van der Waals surface area contributed by atoms with Crippen LogP contribution in [0.3, 0.4) is 0 Å². The fourth-order valence-corrected chi connectivity index (χ4v) is 3.97. The standard InChI is InChI=1S/C25H21N5O2/c1-3-21-23(17-7-5-4-6-8-17)24-26-15-20-22(30(24)28-21)13-14-29(25(20)32)19-11-9-18(10-12-19)27-16(2)31/h4-15H,3H2,1-2H3,(H,27,31). The van der Waals surface area contributed by atoms with E-state index in [0.29, 0.717) is 22.3 Å². The van der Waals surface area contributed by atoms with Crippen LogP contribution >= 0.6 is 0 Å². The summed E-state index contributed by atoms with van der Waals surface area (Å²) in [4.78, 5) is 29.1. The summed E-state index contributed by atoms with van der Waals surface area (Å²) in [6, 6.07) is 19.1. The Labute approximate surface area is 184 Å². The second-order valence-electron chi connectivity index (χ2n) is 7.55. The first-order valence-corrected chi connectivity index (χ1v) is 10.4. The Morgan fingerprint density at radius 1 is 1.03 bits per heavy atom. The van der Waals surface area contributed by atoms with Crippen molar-refractivity contribution in [1.29, 1.82) is 0 Å². The second kappa shape index (κ2) is 7.77. The summed E-state index contributed by atoms with van der Waals surface area (Å²) in [6.07, 6.45) is 4.13. The predicted octanol–water partition coefficient (Wildman–Crippen LogP) is 4.22. The molecule has 2 aromatic carbocycles. The molecule has 5 aromatic rings. The molecule has 0 radical (unpaired) electrons. The van der Waals surface area contributed by atoms with Crippen LogP contribution in [-0.2, 0) is 11.2 Å². The van der Waals surface area contributed by atoms with Crippen molar-refractivity contribution in [3.8, 4) is 16.8 Å². The van der Waals surface area contributed by atoms with Crippen LogP contribution in [0.15, 0.2) is 77.9 Å². The van der Waals surface area contributed by atoms with E-state index < -0.39 is 0 Å². The lowest BCUT2D eigenvalue weighted by molar-refractivity contribution is -0.114. The maximum atomic E-state index is 13.3. The number of nitrogens with zero attached hydrogens (tertiary/aromatic N) is 4. The highest BCUT2D eigenvalue weighted by atomic mass is 16.1. The Balaban J connectivity index is 1.67. The van der Waals surface area contributed by atoms with E-state index in [-0.39, 0.29) is 11.5 Å². The van der Waals surface area contributed by atoms with E-state index in [4.69, 9.17) is 5.10 Å². The Morgan fingerprint density at radius 2 is 1.78 bits per heavy atom. The minimum absolute atomic E-state index is 0.142. The van der Waals surface area contributed by atoms with Crippen LogP contribution in [0.25, 0.3) is 33.4 Å². The van der Waals surface area contributed by atoms with Crippen LogP contribution < -0.4 is 10.9 Å². The minimum atomic E-state index is -0.181. The van der Waals surface area contributed by atoms with Crippen LogP contribution in [0.4, 0.5) is 5.69 Å². The van der Waals surface area contributed by atoms with E-state index in [2.05, 4.69) is 17.2 Å². The van der Waals surface area contributed by atoms with Gasteiger partial charge in [0.2, 0.25) is 5.91 Å². The molecule has 158 valence electrons. The average Bonchev–Trinajstić information content (AvgIpc) is 3.19. The number of carbonyl (C=O) groups excluding carboxylic acids is 1. The topological polar surface area (TPSA) is 81.3 Å². The third-order valence-corrected chi connectivity index (χ3v) is 5.45. The van der Waals surface area contributed by atoms with Gasteiger partial charge in [0, 0.05) is 36.3 Å². The van der Waals surface area contributed by atoms with Crippen molar-refractivity contribution in [3.63, 3.8) is 0 Å². The van der Waals surface area contributed by atoms with Crippen LogP contribution in [0.1, 0.15) is 19.5 Å². The van der Waals surface area contributed by atoms with Gasteiger partial charge in [0.1, 0.15) is 0 Å². The molecule has 0 aliphatic rings. The van der Waals surface area contributed by atoms with Crippen LogP contribution in [0, 0.1) is 0 Å². The molecule has 7 nitrogen and oxygen atoms in total. The highest BCUT2D eigenvalue weighted by molar-refractivity contribution is 5.89. The Hall–Kier alpha value is -4.26. The van der Waals surface area contributed by atoms with Gasteiger partial charge in [-0.3, -0.25) is 14.2 Å². The van der Waals surface area contributed by atoms with E-state index in [1.54, 1.807) is 45.7 Å². The second-order valence-corrected chi connectivity index (χ2v) is 7.55. The third-order valence-electron chi connectivity index (χ3n) is 5.45. The maximum absolute atomic E-state index is 13.3. The zero-order valence-corrected chi connectivity index (χ0v) is 17.7. The maximum Gasteiger partial charge on any atom is 0.266 e. The quantitative estimate of drug-likeness (QED) is 0.469. The summed E-state index contributed by atoms with van der Waals surface area (Å²) in [5.74, 6) is -0.142. The zero-order valence-electron chi connectivity index (χ0n) is 17.7. The smallest absolute Gasteiger partial charge is 0.266 e. The van der Waals surface area contributed by atoms with E-state index >= 15 is 0 Å². The summed E-state index contributed by atoms with van der Waals surface area (Å²) >= 11 is 0. The molecule has 3 heterocycles. The normalized spacial score (nSPS) is 11.2. The number of anilines is 1. The highest BCUT2D eigenvalue weighted by Gasteiger charge is 2.17. The Kier molecular flexibility index (Phi) is 4.78. The molecule has 3 aromatic heterocycles. The fourth-order valence-electron chi connectivity index (χ4n) is 3.97. The number of amides is 1. The van der Waals surface area contributed by atoms with Gasteiger partial charge in [-0.15, -0.1) is 0 Å². The van der Waals surface area contributed by atoms with E-state index in [0.717, 1.165) is 28.9 Å². The van der Waals surface area contributed by atoms with Crippen molar-refractivity contribution in [2.45, 2.75) is 20.3 Å². The van der Waals surface area contributed by atoms with Gasteiger partial charge in [-0.1, -0.05) is 37.3 Å². The summed E-state index contributed by atoms with van der Waals surface area (Å²) < 4.78 is 3.33. The van der Waals surface area contributed by atoms with Crippen molar-refractivity contribution < 1.29 is 4.79 Å². The van der Waals surface area contributed by atoms with E-state index in [1.807, 2.05) is 36.4 Å². The molecule has 0 aliphatic carbocycles. The Morgan fingerprint density at radius 3 is 2.47 bits per heavy atom. The van der Waals surface area contributed by atoms with Gasteiger partial charge >= 0.3 is 0 Å². The molecule has 0 unspecified atom stereocenters. The van der Waals surface area contributed by atoms with Gasteiger partial charge in [-0.2, -0.15) is 5.10 Å². The molecule has 7 heteroatoms. The van der Waals surface area contributed by atoms with Crippen molar-refractivity contribution in [2.24, 2.45) is 0 Å². The molecular formula is C25H21N5O2. The summed E-state index contributed by atoms with van der Waals surface area (Å²) in [5.41, 5.74) is 5.63. The number of pyridine rings is 1. The van der Waals surface area contributed by atoms with Gasteiger partial charge in [0.25, 0.3) is 5.56 Å². The van der Waals surface area contributed by atoms with Gasteiger partial charge in [-0.05, 0) is 42.3 Å². The average molecular weight is 423 g/mol. The first kappa shape index (κ1) is 19.7. The molecule has 0 fully saturated rings. The molecule has 0 atom stereocenters. The van der Waals surface area contributed by atoms with E-state index in [1.165, 1.54) is 6.92 Å². The Bertz CT molecular complexity index is 1520. The number of rotatable bonds is 4. The van der Waals surface area contributed by atoms with Crippen molar-refractivity contribution in [2.75, 3.05) is 5.32 Å². The third kappa shape index (κ3) is 3.24. The van der Waals surface area contributed by atoms with Crippen LogP contribution in [0.5, 0.6) is 0 Å². The van der Waals surface area contributed by atoms with E-state index in [9.17, 15) is 9.59 Å². The lowest BCUT2D eigenvalue weighted by atomic mass is 10.0. The number of nitrogens with one attached hydrogen (secondary N) is 1. The highest BCUT2D eigenvalue weighted by Crippen LogP contribution is 2.29. The number of benzene rings is 2. The first-order chi connectivity index (χ1) is 15.6. The van der Waals surface area contributed by atoms with Crippen molar-refractivity contribution >= 4 is 28.1 Å². The monoisotopic (exact) mass is 423 g/mol. The zero-order chi connectivity index (χ0) is 22.2.